The molecule has 11 heteroatoms. The average Bonchev–Trinajstić information content (AvgIpc) is 2.49. The highest BCUT2D eigenvalue weighted by Gasteiger charge is 2.32. The lowest BCUT2D eigenvalue weighted by molar-refractivity contribution is -0.424. The van der Waals surface area contributed by atoms with Crippen molar-refractivity contribution in [3.8, 4) is 0 Å². The molecule has 0 bridgehead atoms. The first kappa shape index (κ1) is 17.7. The lowest BCUT2D eigenvalue weighted by atomic mass is 10.1. The maximum Gasteiger partial charge on any atom is 0.353 e. The number of esters is 1. The van der Waals surface area contributed by atoms with E-state index in [2.05, 4.69) is 11.3 Å². The zero-order valence-electron chi connectivity index (χ0n) is 11.7. The number of aryl methyl sites for hydroxylation is 1. The van der Waals surface area contributed by atoms with Crippen LogP contribution in [-0.2, 0) is 16.0 Å². The molecule has 0 fully saturated rings. The lowest BCUT2D eigenvalue weighted by Crippen LogP contribution is -2.06. The summed E-state index contributed by atoms with van der Waals surface area (Å²) in [5.41, 5.74) is -2.57. The fraction of sp³-hybridized carbons (Fsp3) is 0.250. The Bertz CT molecular complexity index is 685. The summed E-state index contributed by atoms with van der Waals surface area (Å²) in [6.07, 6.45) is 0.919. The summed E-state index contributed by atoms with van der Waals surface area (Å²) in [5.74, 6) is -0.690. The van der Waals surface area contributed by atoms with Gasteiger partial charge in [-0.25, -0.2) is 4.79 Å². The molecule has 0 atom stereocenters. The molecule has 1 aromatic rings. The van der Waals surface area contributed by atoms with Crippen molar-refractivity contribution in [2.24, 2.45) is 0 Å². The van der Waals surface area contributed by atoms with Gasteiger partial charge >= 0.3 is 17.3 Å². The van der Waals surface area contributed by atoms with Crippen LogP contribution in [0.1, 0.15) is 12.0 Å². The predicted molar refractivity (Wildman–Crippen MR) is 75.9 cm³/mol. The Morgan fingerprint density at radius 3 is 2.26 bits per heavy atom. The second-order valence-electron chi connectivity index (χ2n) is 4.22. The van der Waals surface area contributed by atoms with Crippen molar-refractivity contribution in [3.63, 3.8) is 0 Å². The Kier molecular flexibility index (Phi) is 5.83. The topological polar surface area (TPSA) is 156 Å². The van der Waals surface area contributed by atoms with E-state index in [9.17, 15) is 35.1 Å². The third kappa shape index (κ3) is 4.56. The number of hydrogen-bond donors (Lipinski definition) is 0. The van der Waals surface area contributed by atoms with Gasteiger partial charge in [-0.3, -0.25) is 30.3 Å². The Labute approximate surface area is 128 Å². The Morgan fingerprint density at radius 2 is 1.78 bits per heavy atom. The van der Waals surface area contributed by atoms with Crippen molar-refractivity contribution in [2.45, 2.75) is 12.8 Å². The van der Waals surface area contributed by atoms with Gasteiger partial charge < -0.3 is 4.74 Å². The summed E-state index contributed by atoms with van der Waals surface area (Å²) in [6, 6.07) is 1.44. The van der Waals surface area contributed by atoms with Crippen molar-refractivity contribution in [1.29, 1.82) is 0 Å². The molecule has 122 valence electrons. The van der Waals surface area contributed by atoms with E-state index >= 15 is 0 Å². The zero-order valence-corrected chi connectivity index (χ0v) is 11.7. The van der Waals surface area contributed by atoms with E-state index in [0.29, 0.717) is 6.07 Å². The molecule has 0 saturated heterocycles. The summed E-state index contributed by atoms with van der Waals surface area (Å²) in [5, 5.41) is 32.8. The minimum Gasteiger partial charge on any atom is -0.463 e. The highest BCUT2D eigenvalue weighted by Crippen LogP contribution is 2.35. The number of hydrogen-bond acceptors (Lipinski definition) is 8. The van der Waals surface area contributed by atoms with E-state index in [1.54, 1.807) is 0 Å². The van der Waals surface area contributed by atoms with Crippen LogP contribution >= 0.6 is 0 Å². The number of benzene rings is 1. The number of carbonyl (C=O) groups is 1. The summed E-state index contributed by atoms with van der Waals surface area (Å²) in [6.45, 7) is 3.07. The molecule has 0 aromatic heterocycles. The van der Waals surface area contributed by atoms with Crippen LogP contribution in [0.5, 0.6) is 0 Å². The number of ether oxygens (including phenoxy) is 1. The first-order valence-corrected chi connectivity index (χ1v) is 6.17. The molecule has 11 nitrogen and oxygen atoms in total. The molecular formula is C12H11N3O8. The summed E-state index contributed by atoms with van der Waals surface area (Å²) in [7, 11) is 0. The van der Waals surface area contributed by atoms with Gasteiger partial charge in [-0.15, -0.1) is 0 Å². The van der Waals surface area contributed by atoms with Crippen LogP contribution in [0.4, 0.5) is 17.1 Å². The van der Waals surface area contributed by atoms with Crippen LogP contribution in [-0.4, -0.2) is 27.3 Å². The first-order chi connectivity index (χ1) is 10.8. The van der Waals surface area contributed by atoms with Gasteiger partial charge in [-0.2, -0.15) is 0 Å². The molecule has 1 aromatic carbocycles. The van der Waals surface area contributed by atoms with Crippen LogP contribution in [0, 0.1) is 30.3 Å². The Balaban J connectivity index is 3.14. The summed E-state index contributed by atoms with van der Waals surface area (Å²) >= 11 is 0. The lowest BCUT2D eigenvalue weighted by Gasteiger charge is -2.05. The molecule has 0 spiro atoms. The highest BCUT2D eigenvalue weighted by atomic mass is 16.6. The minimum absolute atomic E-state index is 0.0960. The van der Waals surface area contributed by atoms with E-state index < -0.39 is 37.8 Å². The van der Waals surface area contributed by atoms with Crippen molar-refractivity contribution < 1.29 is 24.3 Å². The van der Waals surface area contributed by atoms with Crippen LogP contribution in [0.25, 0.3) is 0 Å². The fourth-order valence-electron chi connectivity index (χ4n) is 1.80. The fourth-order valence-corrected chi connectivity index (χ4v) is 1.80. The monoisotopic (exact) mass is 325 g/mol. The van der Waals surface area contributed by atoms with Gasteiger partial charge in [-0.05, 0) is 12.8 Å². The van der Waals surface area contributed by atoms with Crippen LogP contribution in [0.2, 0.25) is 0 Å². The quantitative estimate of drug-likeness (QED) is 0.231. The third-order valence-electron chi connectivity index (χ3n) is 2.75. The van der Waals surface area contributed by atoms with Gasteiger partial charge in [-0.1, -0.05) is 6.58 Å². The van der Waals surface area contributed by atoms with Crippen LogP contribution in [0.3, 0.4) is 0 Å². The van der Waals surface area contributed by atoms with Crippen molar-refractivity contribution in [2.75, 3.05) is 6.61 Å². The molecule has 0 aliphatic rings. The van der Waals surface area contributed by atoms with Gasteiger partial charge in [0.25, 0.3) is 5.69 Å². The molecule has 1 rings (SSSR count). The Morgan fingerprint density at radius 1 is 1.13 bits per heavy atom. The summed E-state index contributed by atoms with van der Waals surface area (Å²) in [4.78, 5) is 40.7. The maximum absolute atomic E-state index is 11.0. The number of nitro benzene ring substituents is 3. The van der Waals surface area contributed by atoms with Gasteiger partial charge in [0.1, 0.15) is 6.07 Å². The number of nitrogens with zero attached hydrogens (tertiary/aromatic N) is 3. The molecule has 0 aliphatic carbocycles. The largest absolute Gasteiger partial charge is 0.463 e. The van der Waals surface area contributed by atoms with Crippen molar-refractivity contribution in [3.05, 3.63) is 60.7 Å². The number of rotatable bonds is 8. The highest BCUT2D eigenvalue weighted by molar-refractivity contribution is 5.81. The molecule has 0 heterocycles. The smallest absolute Gasteiger partial charge is 0.353 e. The predicted octanol–water partition coefficient (Wildman–Crippen LogP) is 2.07. The van der Waals surface area contributed by atoms with E-state index in [1.807, 2.05) is 0 Å². The van der Waals surface area contributed by atoms with Gasteiger partial charge in [0.15, 0.2) is 0 Å². The molecule has 0 aliphatic heterocycles. The molecule has 0 radical (unpaired) electrons. The Hall–Kier alpha value is -3.37. The number of carbonyl (C=O) groups excluding carboxylic acids is 1. The summed E-state index contributed by atoms with van der Waals surface area (Å²) < 4.78 is 4.67. The van der Waals surface area contributed by atoms with E-state index in [4.69, 9.17) is 0 Å². The minimum atomic E-state index is -1.05. The molecule has 0 N–H and O–H groups in total. The SMILES string of the molecule is C=CC(=O)OCCCc1cc([N+](=O)[O-])cc([N+](=O)[O-])c1[N+](=O)[O-]. The number of nitro groups is 3. The van der Waals surface area contributed by atoms with Crippen molar-refractivity contribution >= 4 is 23.0 Å². The standard InChI is InChI=1S/C12H11N3O8/c1-2-11(16)23-5-3-4-8-6-9(13(17)18)7-10(14(19)20)12(8)15(21)22/h2,6-7H,1,3-5H2. The normalized spacial score (nSPS) is 9.91. The van der Waals surface area contributed by atoms with Gasteiger partial charge in [0.05, 0.1) is 21.4 Å². The molecule has 0 amide bonds. The maximum atomic E-state index is 11.0. The average molecular weight is 325 g/mol. The van der Waals surface area contributed by atoms with E-state index in [-0.39, 0.29) is 25.0 Å². The van der Waals surface area contributed by atoms with E-state index in [0.717, 1.165) is 12.1 Å². The third-order valence-corrected chi connectivity index (χ3v) is 2.75. The van der Waals surface area contributed by atoms with Crippen molar-refractivity contribution in [1.82, 2.24) is 0 Å². The van der Waals surface area contributed by atoms with E-state index in [1.165, 1.54) is 0 Å². The van der Waals surface area contributed by atoms with Crippen LogP contribution < -0.4 is 0 Å². The molecule has 23 heavy (non-hydrogen) atoms. The second kappa shape index (κ2) is 7.59. The second-order valence-corrected chi connectivity index (χ2v) is 4.22. The first-order valence-electron chi connectivity index (χ1n) is 6.17. The molecule has 0 unspecified atom stereocenters. The van der Waals surface area contributed by atoms with Crippen LogP contribution in [0.15, 0.2) is 24.8 Å². The zero-order chi connectivity index (χ0) is 17.6. The van der Waals surface area contributed by atoms with Gasteiger partial charge in [0, 0.05) is 17.7 Å². The van der Waals surface area contributed by atoms with Gasteiger partial charge in [0.2, 0.25) is 0 Å². The molecular weight excluding hydrogens is 314 g/mol. The number of non-ortho nitro benzene ring substituents is 1. The molecule has 0 saturated carbocycles.